The largest absolute Gasteiger partial charge is 0.248 e. The SMILES string of the molecule is CCC(C)(C)c1ncc(-c2cnc(C(C)(C)CC)s2)s1. The van der Waals surface area contributed by atoms with Gasteiger partial charge in [-0.05, 0) is 12.8 Å². The van der Waals surface area contributed by atoms with E-state index in [0.717, 1.165) is 12.8 Å². The molecule has 2 aromatic rings. The van der Waals surface area contributed by atoms with Gasteiger partial charge in [0, 0.05) is 23.2 Å². The molecule has 20 heavy (non-hydrogen) atoms. The van der Waals surface area contributed by atoms with Gasteiger partial charge in [0.25, 0.3) is 0 Å². The normalized spacial score (nSPS) is 12.9. The maximum Gasteiger partial charge on any atom is 0.0987 e. The molecule has 0 radical (unpaired) electrons. The molecule has 0 saturated carbocycles. The Morgan fingerprint density at radius 3 is 1.45 bits per heavy atom. The highest BCUT2D eigenvalue weighted by Crippen LogP contribution is 2.39. The van der Waals surface area contributed by atoms with Crippen LogP contribution in [0.15, 0.2) is 12.4 Å². The van der Waals surface area contributed by atoms with Crippen LogP contribution in [-0.4, -0.2) is 9.97 Å². The third kappa shape index (κ3) is 2.96. The maximum atomic E-state index is 4.62. The van der Waals surface area contributed by atoms with E-state index in [-0.39, 0.29) is 10.8 Å². The summed E-state index contributed by atoms with van der Waals surface area (Å²) >= 11 is 3.62. The molecule has 2 heterocycles. The maximum absolute atomic E-state index is 4.62. The number of rotatable bonds is 5. The third-order valence-electron chi connectivity index (χ3n) is 4.18. The minimum absolute atomic E-state index is 0.166. The average molecular weight is 309 g/mol. The zero-order valence-corrected chi connectivity index (χ0v) is 14.9. The van der Waals surface area contributed by atoms with Gasteiger partial charge >= 0.3 is 0 Å². The molecule has 0 fully saturated rings. The lowest BCUT2D eigenvalue weighted by molar-refractivity contribution is 0.503. The van der Waals surface area contributed by atoms with Crippen LogP contribution in [0.3, 0.4) is 0 Å². The highest BCUT2D eigenvalue weighted by atomic mass is 32.1. The first-order chi connectivity index (χ1) is 9.30. The quantitative estimate of drug-likeness (QED) is 0.714. The molecule has 2 nitrogen and oxygen atoms in total. The molecule has 0 unspecified atom stereocenters. The molecular weight excluding hydrogens is 284 g/mol. The van der Waals surface area contributed by atoms with Crippen molar-refractivity contribution in [3.8, 4) is 9.75 Å². The molecule has 0 bridgehead atoms. The smallest absolute Gasteiger partial charge is 0.0987 e. The lowest BCUT2D eigenvalue weighted by Crippen LogP contribution is -2.14. The standard InChI is InChI=1S/C16H24N2S2/c1-7-15(3,4)13-17-9-11(19-13)12-10-18-14(20-12)16(5,6)8-2/h9-10H,7-8H2,1-6H3. The van der Waals surface area contributed by atoms with Crippen LogP contribution < -0.4 is 0 Å². The molecule has 0 aliphatic carbocycles. The molecule has 2 aromatic heterocycles. The van der Waals surface area contributed by atoms with Crippen molar-refractivity contribution in [2.45, 2.75) is 65.2 Å². The number of aromatic nitrogens is 2. The lowest BCUT2D eigenvalue weighted by atomic mass is 9.91. The summed E-state index contributed by atoms with van der Waals surface area (Å²) in [5.74, 6) is 0. The Hall–Kier alpha value is -0.740. The first-order valence-electron chi connectivity index (χ1n) is 7.23. The van der Waals surface area contributed by atoms with E-state index in [9.17, 15) is 0 Å². The fourth-order valence-corrected chi connectivity index (χ4v) is 3.94. The van der Waals surface area contributed by atoms with Crippen molar-refractivity contribution in [2.24, 2.45) is 0 Å². The van der Waals surface area contributed by atoms with E-state index < -0.39 is 0 Å². The Morgan fingerprint density at radius 2 is 1.15 bits per heavy atom. The van der Waals surface area contributed by atoms with Crippen molar-refractivity contribution in [3.05, 3.63) is 22.4 Å². The van der Waals surface area contributed by atoms with Gasteiger partial charge in [-0.25, -0.2) is 9.97 Å². The molecule has 0 aliphatic rings. The summed E-state index contributed by atoms with van der Waals surface area (Å²) in [7, 11) is 0. The van der Waals surface area contributed by atoms with Gasteiger partial charge in [0.05, 0.1) is 19.8 Å². The fraction of sp³-hybridized carbons (Fsp3) is 0.625. The van der Waals surface area contributed by atoms with Gasteiger partial charge < -0.3 is 0 Å². The molecule has 110 valence electrons. The minimum atomic E-state index is 0.166. The van der Waals surface area contributed by atoms with E-state index in [1.54, 1.807) is 0 Å². The molecular formula is C16H24N2S2. The Labute approximate surface area is 130 Å². The highest BCUT2D eigenvalue weighted by molar-refractivity contribution is 7.21. The highest BCUT2D eigenvalue weighted by Gasteiger charge is 2.25. The van der Waals surface area contributed by atoms with Crippen LogP contribution in [0.25, 0.3) is 9.75 Å². The number of hydrogen-bond acceptors (Lipinski definition) is 4. The fourth-order valence-electron chi connectivity index (χ4n) is 1.70. The van der Waals surface area contributed by atoms with Gasteiger partial charge in [-0.15, -0.1) is 22.7 Å². The molecule has 0 aliphatic heterocycles. The average Bonchev–Trinajstić information content (AvgIpc) is 3.07. The first kappa shape index (κ1) is 15.6. The minimum Gasteiger partial charge on any atom is -0.248 e. The van der Waals surface area contributed by atoms with Gasteiger partial charge in [-0.3, -0.25) is 0 Å². The van der Waals surface area contributed by atoms with Crippen molar-refractivity contribution < 1.29 is 0 Å². The van der Waals surface area contributed by atoms with Gasteiger partial charge in [0.15, 0.2) is 0 Å². The van der Waals surface area contributed by atoms with Crippen molar-refractivity contribution in [3.63, 3.8) is 0 Å². The van der Waals surface area contributed by atoms with E-state index in [4.69, 9.17) is 0 Å². The van der Waals surface area contributed by atoms with E-state index in [2.05, 4.69) is 51.5 Å². The van der Waals surface area contributed by atoms with Crippen LogP contribution in [0.2, 0.25) is 0 Å². The van der Waals surface area contributed by atoms with Crippen LogP contribution in [-0.2, 0) is 10.8 Å². The first-order valence-corrected chi connectivity index (χ1v) is 8.86. The van der Waals surface area contributed by atoms with Crippen LogP contribution in [0.4, 0.5) is 0 Å². The summed E-state index contributed by atoms with van der Waals surface area (Å²) in [5.41, 5.74) is 0.332. The monoisotopic (exact) mass is 308 g/mol. The Morgan fingerprint density at radius 1 is 0.800 bits per heavy atom. The Kier molecular flexibility index (Phi) is 4.35. The van der Waals surface area contributed by atoms with Gasteiger partial charge in [0.2, 0.25) is 0 Å². The second kappa shape index (κ2) is 5.57. The van der Waals surface area contributed by atoms with E-state index in [1.807, 2.05) is 35.1 Å². The number of thiazole rings is 2. The molecule has 0 amide bonds. The summed E-state index contributed by atoms with van der Waals surface area (Å²) in [6.45, 7) is 13.5. The topological polar surface area (TPSA) is 25.8 Å². The second-order valence-electron chi connectivity index (χ2n) is 6.53. The van der Waals surface area contributed by atoms with Crippen molar-refractivity contribution >= 4 is 22.7 Å². The summed E-state index contributed by atoms with van der Waals surface area (Å²) in [6, 6.07) is 0. The molecule has 2 rings (SSSR count). The summed E-state index contributed by atoms with van der Waals surface area (Å²) < 4.78 is 0. The summed E-state index contributed by atoms with van der Waals surface area (Å²) in [4.78, 5) is 11.7. The Bertz CT molecular complexity index is 527. The number of nitrogens with zero attached hydrogens (tertiary/aromatic N) is 2. The Balaban J connectivity index is 2.30. The van der Waals surface area contributed by atoms with Crippen molar-refractivity contribution in [2.75, 3.05) is 0 Å². The molecule has 0 spiro atoms. The van der Waals surface area contributed by atoms with E-state index in [0.29, 0.717) is 0 Å². The lowest BCUT2D eigenvalue weighted by Gasteiger charge is -2.18. The molecule has 0 saturated heterocycles. The molecule has 0 N–H and O–H groups in total. The van der Waals surface area contributed by atoms with E-state index in [1.165, 1.54) is 19.8 Å². The molecule has 0 aromatic carbocycles. The van der Waals surface area contributed by atoms with E-state index >= 15 is 0 Å². The van der Waals surface area contributed by atoms with Crippen LogP contribution >= 0.6 is 22.7 Å². The molecule has 0 atom stereocenters. The summed E-state index contributed by atoms with van der Waals surface area (Å²) in [6.07, 6.45) is 6.23. The van der Waals surface area contributed by atoms with Crippen LogP contribution in [0.1, 0.15) is 64.4 Å². The predicted octanol–water partition coefficient (Wildman–Crippen LogP) is 5.64. The molecule has 4 heteroatoms. The second-order valence-corrected chi connectivity index (χ2v) is 8.60. The van der Waals surface area contributed by atoms with Crippen molar-refractivity contribution in [1.82, 2.24) is 9.97 Å². The summed E-state index contributed by atoms with van der Waals surface area (Å²) in [5, 5.41) is 2.44. The van der Waals surface area contributed by atoms with Crippen molar-refractivity contribution in [1.29, 1.82) is 0 Å². The van der Waals surface area contributed by atoms with Gasteiger partial charge in [0.1, 0.15) is 0 Å². The zero-order valence-electron chi connectivity index (χ0n) is 13.3. The number of hydrogen-bond donors (Lipinski definition) is 0. The van der Waals surface area contributed by atoms with Gasteiger partial charge in [-0.2, -0.15) is 0 Å². The van der Waals surface area contributed by atoms with Crippen LogP contribution in [0.5, 0.6) is 0 Å². The van der Waals surface area contributed by atoms with Gasteiger partial charge in [-0.1, -0.05) is 41.5 Å². The zero-order chi connectivity index (χ0) is 15.0. The predicted molar refractivity (Wildman–Crippen MR) is 89.9 cm³/mol. The van der Waals surface area contributed by atoms with Crippen LogP contribution in [0, 0.1) is 0 Å². The third-order valence-corrected chi connectivity index (χ3v) is 7.10.